The van der Waals surface area contributed by atoms with Gasteiger partial charge >= 0.3 is 0 Å². The van der Waals surface area contributed by atoms with E-state index in [9.17, 15) is 0 Å². The number of aromatic nitrogens is 1. The van der Waals surface area contributed by atoms with Crippen LogP contribution in [-0.2, 0) is 6.54 Å². The molecule has 0 amide bonds. The molecule has 2 fully saturated rings. The maximum absolute atomic E-state index is 4.29. The van der Waals surface area contributed by atoms with Crippen LogP contribution in [-0.4, -0.2) is 24.6 Å². The zero-order valence-electron chi connectivity index (χ0n) is 11.9. The Morgan fingerprint density at radius 3 is 2.79 bits per heavy atom. The normalized spacial score (nSPS) is 19.8. The predicted molar refractivity (Wildman–Crippen MR) is 79.3 cm³/mol. The maximum Gasteiger partial charge on any atom is 0.0440 e. The van der Waals surface area contributed by atoms with Crippen LogP contribution < -0.4 is 10.2 Å². The van der Waals surface area contributed by atoms with E-state index < -0.39 is 0 Å². The molecule has 0 aliphatic heterocycles. The number of anilines is 1. The van der Waals surface area contributed by atoms with Crippen LogP contribution in [0.25, 0.3) is 0 Å². The van der Waals surface area contributed by atoms with Crippen molar-refractivity contribution in [2.24, 2.45) is 5.92 Å². The van der Waals surface area contributed by atoms with E-state index in [2.05, 4.69) is 28.3 Å². The molecule has 1 N–H and O–H groups in total. The Bertz CT molecular complexity index is 408. The van der Waals surface area contributed by atoms with E-state index in [1.54, 1.807) is 0 Å². The topological polar surface area (TPSA) is 28.2 Å². The van der Waals surface area contributed by atoms with Crippen molar-refractivity contribution in [1.29, 1.82) is 0 Å². The standard InChI is InChI=1S/C16H25N3/c1-19(12-13-4-2-3-5-13)16-8-9-17-10-14(16)11-18-15-6-7-15/h8-10,13,15,18H,2-7,11-12H2,1H3. The molecule has 19 heavy (non-hydrogen) atoms. The van der Waals surface area contributed by atoms with E-state index >= 15 is 0 Å². The zero-order chi connectivity index (χ0) is 13.1. The third-order valence-corrected chi connectivity index (χ3v) is 4.45. The second kappa shape index (κ2) is 5.91. The molecule has 0 spiro atoms. The van der Waals surface area contributed by atoms with Gasteiger partial charge in [-0.15, -0.1) is 0 Å². The van der Waals surface area contributed by atoms with Gasteiger partial charge in [0.1, 0.15) is 0 Å². The lowest BCUT2D eigenvalue weighted by Crippen LogP contribution is -2.26. The molecule has 0 unspecified atom stereocenters. The molecule has 1 aromatic rings. The SMILES string of the molecule is CN(CC1CCCC1)c1ccncc1CNC1CC1. The largest absolute Gasteiger partial charge is 0.374 e. The Hall–Kier alpha value is -1.09. The summed E-state index contributed by atoms with van der Waals surface area (Å²) in [5, 5.41) is 3.60. The Kier molecular flexibility index (Phi) is 4.02. The highest BCUT2D eigenvalue weighted by Crippen LogP contribution is 2.28. The van der Waals surface area contributed by atoms with Gasteiger partial charge in [0.2, 0.25) is 0 Å². The lowest BCUT2D eigenvalue weighted by atomic mass is 10.1. The van der Waals surface area contributed by atoms with Crippen molar-refractivity contribution >= 4 is 5.69 Å². The van der Waals surface area contributed by atoms with E-state index in [4.69, 9.17) is 0 Å². The third kappa shape index (κ3) is 3.47. The smallest absolute Gasteiger partial charge is 0.0440 e. The van der Waals surface area contributed by atoms with Crippen LogP contribution in [0, 0.1) is 5.92 Å². The van der Waals surface area contributed by atoms with Crippen molar-refractivity contribution in [3.05, 3.63) is 24.0 Å². The van der Waals surface area contributed by atoms with Crippen LogP contribution in [0.15, 0.2) is 18.5 Å². The van der Waals surface area contributed by atoms with Gasteiger partial charge in [-0.25, -0.2) is 0 Å². The first-order chi connectivity index (χ1) is 9.33. The highest BCUT2D eigenvalue weighted by Gasteiger charge is 2.21. The summed E-state index contributed by atoms with van der Waals surface area (Å²) < 4.78 is 0. The Morgan fingerprint density at radius 2 is 2.05 bits per heavy atom. The molecule has 1 aromatic heterocycles. The van der Waals surface area contributed by atoms with E-state index in [1.165, 1.54) is 56.3 Å². The Labute approximate surface area is 116 Å². The maximum atomic E-state index is 4.29. The van der Waals surface area contributed by atoms with Gasteiger partial charge in [-0.05, 0) is 37.7 Å². The summed E-state index contributed by atoms with van der Waals surface area (Å²) in [5.74, 6) is 0.891. The van der Waals surface area contributed by atoms with Crippen molar-refractivity contribution in [2.75, 3.05) is 18.5 Å². The zero-order valence-corrected chi connectivity index (χ0v) is 11.9. The predicted octanol–water partition coefficient (Wildman–Crippen LogP) is 2.96. The van der Waals surface area contributed by atoms with Crippen LogP contribution in [0.2, 0.25) is 0 Å². The molecule has 2 saturated carbocycles. The lowest BCUT2D eigenvalue weighted by molar-refractivity contribution is 0.545. The molecule has 3 rings (SSSR count). The van der Waals surface area contributed by atoms with E-state index in [0.29, 0.717) is 0 Å². The summed E-state index contributed by atoms with van der Waals surface area (Å²) in [6.07, 6.45) is 12.3. The van der Waals surface area contributed by atoms with Gasteiger partial charge in [-0.1, -0.05) is 12.8 Å². The van der Waals surface area contributed by atoms with Gasteiger partial charge in [-0.3, -0.25) is 4.98 Å². The number of rotatable bonds is 6. The molecule has 0 aromatic carbocycles. The minimum absolute atomic E-state index is 0.758. The molecule has 0 radical (unpaired) electrons. The highest BCUT2D eigenvalue weighted by atomic mass is 15.1. The Morgan fingerprint density at radius 1 is 1.26 bits per heavy atom. The average molecular weight is 259 g/mol. The minimum atomic E-state index is 0.758. The van der Waals surface area contributed by atoms with Crippen molar-refractivity contribution in [1.82, 2.24) is 10.3 Å². The number of nitrogens with zero attached hydrogens (tertiary/aromatic N) is 2. The summed E-state index contributed by atoms with van der Waals surface area (Å²) in [6, 6.07) is 2.92. The molecule has 3 heteroatoms. The molecule has 2 aliphatic carbocycles. The average Bonchev–Trinajstić information content (AvgIpc) is 3.13. The fourth-order valence-corrected chi connectivity index (χ4v) is 3.15. The first-order valence-corrected chi connectivity index (χ1v) is 7.70. The van der Waals surface area contributed by atoms with Crippen molar-refractivity contribution < 1.29 is 0 Å². The van der Waals surface area contributed by atoms with Crippen LogP contribution in [0.3, 0.4) is 0 Å². The molecular formula is C16H25N3. The van der Waals surface area contributed by atoms with E-state index in [0.717, 1.165) is 18.5 Å². The molecular weight excluding hydrogens is 234 g/mol. The third-order valence-electron chi connectivity index (χ3n) is 4.45. The van der Waals surface area contributed by atoms with Gasteiger partial charge in [0.05, 0.1) is 0 Å². The van der Waals surface area contributed by atoms with Crippen LogP contribution in [0.5, 0.6) is 0 Å². The first-order valence-electron chi connectivity index (χ1n) is 7.70. The molecule has 1 heterocycles. The minimum Gasteiger partial charge on any atom is -0.374 e. The molecule has 104 valence electrons. The Balaban J connectivity index is 1.63. The molecule has 0 bridgehead atoms. The van der Waals surface area contributed by atoms with Gasteiger partial charge < -0.3 is 10.2 Å². The second-order valence-electron chi connectivity index (χ2n) is 6.19. The monoisotopic (exact) mass is 259 g/mol. The highest BCUT2D eigenvalue weighted by molar-refractivity contribution is 5.51. The van der Waals surface area contributed by atoms with E-state index in [1.807, 2.05) is 12.4 Å². The fourth-order valence-electron chi connectivity index (χ4n) is 3.15. The number of pyridine rings is 1. The van der Waals surface area contributed by atoms with Gasteiger partial charge in [-0.2, -0.15) is 0 Å². The number of nitrogens with one attached hydrogen (secondary N) is 1. The van der Waals surface area contributed by atoms with Gasteiger partial charge in [0.15, 0.2) is 0 Å². The molecule has 2 aliphatic rings. The molecule has 0 atom stereocenters. The number of hydrogen-bond acceptors (Lipinski definition) is 3. The van der Waals surface area contributed by atoms with Crippen molar-refractivity contribution in [3.63, 3.8) is 0 Å². The second-order valence-corrected chi connectivity index (χ2v) is 6.19. The van der Waals surface area contributed by atoms with Crippen LogP contribution in [0.4, 0.5) is 5.69 Å². The van der Waals surface area contributed by atoms with Gasteiger partial charge in [0.25, 0.3) is 0 Å². The lowest BCUT2D eigenvalue weighted by Gasteiger charge is -2.25. The van der Waals surface area contributed by atoms with Gasteiger partial charge in [0, 0.05) is 49.8 Å². The summed E-state index contributed by atoms with van der Waals surface area (Å²) in [7, 11) is 2.23. The van der Waals surface area contributed by atoms with Crippen LogP contribution >= 0.6 is 0 Å². The van der Waals surface area contributed by atoms with E-state index in [-0.39, 0.29) is 0 Å². The molecule has 3 nitrogen and oxygen atoms in total. The quantitative estimate of drug-likeness (QED) is 0.851. The summed E-state index contributed by atoms with van der Waals surface area (Å²) in [6.45, 7) is 2.16. The van der Waals surface area contributed by atoms with Crippen LogP contribution in [0.1, 0.15) is 44.1 Å². The first kappa shape index (κ1) is 12.9. The van der Waals surface area contributed by atoms with Crippen molar-refractivity contribution in [3.8, 4) is 0 Å². The van der Waals surface area contributed by atoms with Crippen molar-refractivity contribution in [2.45, 2.75) is 51.1 Å². The number of hydrogen-bond donors (Lipinski definition) is 1. The summed E-state index contributed by atoms with van der Waals surface area (Å²) in [5.41, 5.74) is 2.70. The fraction of sp³-hybridized carbons (Fsp3) is 0.688. The summed E-state index contributed by atoms with van der Waals surface area (Å²) >= 11 is 0. The summed E-state index contributed by atoms with van der Waals surface area (Å²) in [4.78, 5) is 6.72. The molecule has 0 saturated heterocycles.